The quantitative estimate of drug-likeness (QED) is 0.453. The summed E-state index contributed by atoms with van der Waals surface area (Å²) in [5.41, 5.74) is 4.13. The molecule has 0 atom stereocenters. The molecule has 128 valence electrons. The van der Waals surface area contributed by atoms with Crippen molar-refractivity contribution < 1.29 is 4.74 Å². The van der Waals surface area contributed by atoms with E-state index < -0.39 is 0 Å². The van der Waals surface area contributed by atoms with Crippen molar-refractivity contribution in [1.29, 1.82) is 0 Å². The van der Waals surface area contributed by atoms with E-state index in [-0.39, 0.29) is 0 Å². The van der Waals surface area contributed by atoms with Gasteiger partial charge in [0.2, 0.25) is 0 Å². The summed E-state index contributed by atoms with van der Waals surface area (Å²) >= 11 is 0. The second-order valence-corrected chi connectivity index (χ2v) is 6.95. The molecule has 1 aliphatic rings. The van der Waals surface area contributed by atoms with Crippen LogP contribution in [0, 0.1) is 0 Å². The van der Waals surface area contributed by atoms with Gasteiger partial charge in [0, 0.05) is 29.5 Å². The molecule has 1 heterocycles. The molecule has 0 spiro atoms. The lowest BCUT2D eigenvalue weighted by Gasteiger charge is -2.32. The van der Waals surface area contributed by atoms with Crippen LogP contribution >= 0.6 is 0 Å². The molecule has 0 saturated heterocycles. The lowest BCUT2D eigenvalue weighted by molar-refractivity contribution is 0.420. The molecule has 4 aromatic carbocycles. The summed E-state index contributed by atoms with van der Waals surface area (Å²) in [5, 5.41) is 5.14. The second-order valence-electron chi connectivity index (χ2n) is 6.95. The highest BCUT2D eigenvalue weighted by Crippen LogP contribution is 2.42. The number of ether oxygens (including phenoxy) is 1. The Labute approximate surface area is 153 Å². The number of benzene rings is 4. The van der Waals surface area contributed by atoms with Crippen LogP contribution < -0.4 is 9.64 Å². The molecule has 1 aliphatic heterocycles. The van der Waals surface area contributed by atoms with Gasteiger partial charge < -0.3 is 9.64 Å². The number of hydrogen-bond donors (Lipinski definition) is 0. The van der Waals surface area contributed by atoms with E-state index in [1.807, 2.05) is 0 Å². The average Bonchev–Trinajstić information content (AvgIpc) is 2.70. The van der Waals surface area contributed by atoms with Crippen molar-refractivity contribution in [3.8, 4) is 5.75 Å². The molecule has 0 N–H and O–H groups in total. The van der Waals surface area contributed by atoms with E-state index in [0.717, 1.165) is 25.3 Å². The minimum absolute atomic E-state index is 0.944. The van der Waals surface area contributed by atoms with Crippen molar-refractivity contribution in [2.75, 3.05) is 18.6 Å². The molecule has 0 saturated carbocycles. The normalized spacial score (nSPS) is 13.3. The third-order valence-electron chi connectivity index (χ3n) is 5.45. The van der Waals surface area contributed by atoms with Crippen LogP contribution in [0.2, 0.25) is 0 Å². The summed E-state index contributed by atoms with van der Waals surface area (Å²) in [4.78, 5) is 2.52. The molecule has 0 fully saturated rings. The highest BCUT2D eigenvalue weighted by molar-refractivity contribution is 6.16. The molecule has 0 bridgehead atoms. The lowest BCUT2D eigenvalue weighted by Crippen LogP contribution is -2.28. The Morgan fingerprint density at radius 2 is 1.73 bits per heavy atom. The first-order chi connectivity index (χ1) is 12.8. The Hall–Kier alpha value is -3.00. The van der Waals surface area contributed by atoms with E-state index in [0.29, 0.717) is 0 Å². The van der Waals surface area contributed by atoms with E-state index in [4.69, 9.17) is 4.74 Å². The third kappa shape index (κ3) is 2.33. The van der Waals surface area contributed by atoms with Crippen LogP contribution in [0.25, 0.3) is 21.5 Å². The van der Waals surface area contributed by atoms with Crippen LogP contribution in [-0.4, -0.2) is 13.7 Å². The van der Waals surface area contributed by atoms with E-state index in [9.17, 15) is 0 Å². The van der Waals surface area contributed by atoms with E-state index in [1.54, 1.807) is 7.11 Å². The summed E-state index contributed by atoms with van der Waals surface area (Å²) < 4.78 is 5.68. The van der Waals surface area contributed by atoms with Crippen LogP contribution in [0.5, 0.6) is 5.75 Å². The first kappa shape index (κ1) is 15.3. The van der Waals surface area contributed by atoms with Crippen molar-refractivity contribution in [2.24, 2.45) is 0 Å². The molecule has 2 heteroatoms. The van der Waals surface area contributed by atoms with Crippen molar-refractivity contribution in [3.05, 3.63) is 83.9 Å². The molecular weight excluding hydrogens is 318 g/mol. The molecular formula is C24H21NO. The van der Waals surface area contributed by atoms with Crippen LogP contribution in [0.3, 0.4) is 0 Å². The highest BCUT2D eigenvalue weighted by Gasteiger charge is 2.21. The Bertz CT molecular complexity index is 1100. The highest BCUT2D eigenvalue weighted by atomic mass is 16.5. The van der Waals surface area contributed by atoms with Gasteiger partial charge in [-0.2, -0.15) is 0 Å². The van der Waals surface area contributed by atoms with Gasteiger partial charge >= 0.3 is 0 Å². The minimum Gasteiger partial charge on any atom is -0.496 e. The minimum atomic E-state index is 0.944. The number of hydrogen-bond acceptors (Lipinski definition) is 2. The molecule has 2 nitrogen and oxygen atoms in total. The predicted molar refractivity (Wildman–Crippen MR) is 109 cm³/mol. The van der Waals surface area contributed by atoms with Crippen LogP contribution in [-0.2, 0) is 13.0 Å². The maximum atomic E-state index is 5.68. The zero-order valence-corrected chi connectivity index (χ0v) is 14.9. The van der Waals surface area contributed by atoms with Gasteiger partial charge in [-0.15, -0.1) is 0 Å². The first-order valence-electron chi connectivity index (χ1n) is 9.15. The van der Waals surface area contributed by atoms with Gasteiger partial charge in [0.25, 0.3) is 0 Å². The topological polar surface area (TPSA) is 12.5 Å². The Kier molecular flexibility index (Phi) is 3.56. The molecule has 26 heavy (non-hydrogen) atoms. The zero-order valence-electron chi connectivity index (χ0n) is 14.9. The Morgan fingerprint density at radius 3 is 2.58 bits per heavy atom. The van der Waals surface area contributed by atoms with E-state index in [2.05, 4.69) is 77.7 Å². The standard InChI is InChI=1S/C24H21NO/c1-26-22-12-6-10-19-15-21-23-18(9-5-11-20(23)24(19)22)13-14-25(21)16-17-7-3-2-4-8-17/h2-12,15H,13-14,16H2,1H3. The molecule has 5 rings (SSSR count). The molecule has 0 unspecified atom stereocenters. The fourth-order valence-corrected chi connectivity index (χ4v) is 4.26. The summed E-state index contributed by atoms with van der Waals surface area (Å²) in [6.07, 6.45) is 1.08. The van der Waals surface area contributed by atoms with Gasteiger partial charge in [0.1, 0.15) is 5.75 Å². The van der Waals surface area contributed by atoms with Crippen LogP contribution in [0.15, 0.2) is 72.8 Å². The Balaban J connectivity index is 1.76. The summed E-state index contributed by atoms with van der Waals surface area (Å²) in [6.45, 7) is 2.00. The average molecular weight is 339 g/mol. The maximum Gasteiger partial charge on any atom is 0.127 e. The van der Waals surface area contributed by atoms with Gasteiger partial charge in [-0.3, -0.25) is 0 Å². The van der Waals surface area contributed by atoms with Crippen molar-refractivity contribution in [3.63, 3.8) is 0 Å². The predicted octanol–water partition coefficient (Wildman–Crippen LogP) is 5.56. The summed E-state index contributed by atoms with van der Waals surface area (Å²) in [6, 6.07) is 26.1. The summed E-state index contributed by atoms with van der Waals surface area (Å²) in [7, 11) is 1.76. The fraction of sp³-hybridized carbons (Fsp3) is 0.167. The lowest BCUT2D eigenvalue weighted by atomic mass is 9.91. The van der Waals surface area contributed by atoms with Gasteiger partial charge in [0.05, 0.1) is 7.11 Å². The molecule has 0 radical (unpaired) electrons. The maximum absolute atomic E-state index is 5.68. The van der Waals surface area contributed by atoms with Gasteiger partial charge in [-0.25, -0.2) is 0 Å². The SMILES string of the molecule is COc1cccc2cc3c4c(cccc4c12)CCN3Cc1ccccc1. The third-order valence-corrected chi connectivity index (χ3v) is 5.45. The molecule has 0 amide bonds. The van der Waals surface area contributed by atoms with Crippen molar-refractivity contribution >= 4 is 27.2 Å². The van der Waals surface area contributed by atoms with Crippen molar-refractivity contribution in [1.82, 2.24) is 0 Å². The van der Waals surface area contributed by atoms with Gasteiger partial charge in [0.15, 0.2) is 0 Å². The molecule has 4 aromatic rings. The van der Waals surface area contributed by atoms with Gasteiger partial charge in [-0.1, -0.05) is 60.7 Å². The van der Waals surface area contributed by atoms with Crippen molar-refractivity contribution in [2.45, 2.75) is 13.0 Å². The number of rotatable bonds is 3. The Morgan fingerprint density at radius 1 is 0.885 bits per heavy atom. The number of methoxy groups -OCH3 is 1. The molecule has 0 aromatic heterocycles. The first-order valence-corrected chi connectivity index (χ1v) is 9.15. The van der Waals surface area contributed by atoms with Crippen LogP contribution in [0.1, 0.15) is 11.1 Å². The van der Waals surface area contributed by atoms with E-state index in [1.165, 1.54) is 38.4 Å². The zero-order chi connectivity index (χ0) is 17.5. The smallest absolute Gasteiger partial charge is 0.127 e. The van der Waals surface area contributed by atoms with Gasteiger partial charge in [-0.05, 0) is 40.5 Å². The largest absolute Gasteiger partial charge is 0.496 e. The number of nitrogens with zero attached hydrogens (tertiary/aromatic N) is 1. The monoisotopic (exact) mass is 339 g/mol. The molecule has 0 aliphatic carbocycles. The van der Waals surface area contributed by atoms with E-state index >= 15 is 0 Å². The number of anilines is 1. The fourth-order valence-electron chi connectivity index (χ4n) is 4.26. The number of fused-ring (bicyclic) bond motifs is 2. The summed E-state index contributed by atoms with van der Waals surface area (Å²) in [5.74, 6) is 0.950. The van der Waals surface area contributed by atoms with Crippen LogP contribution in [0.4, 0.5) is 5.69 Å². The second kappa shape index (κ2) is 6.06.